The number of imidazole rings is 1. The van der Waals surface area contributed by atoms with Crippen molar-refractivity contribution < 1.29 is 14.3 Å². The number of benzene rings is 1. The summed E-state index contributed by atoms with van der Waals surface area (Å²) < 4.78 is 12.7. The van der Waals surface area contributed by atoms with Crippen molar-refractivity contribution in [2.24, 2.45) is 0 Å². The van der Waals surface area contributed by atoms with E-state index in [2.05, 4.69) is 14.9 Å². The van der Waals surface area contributed by atoms with E-state index in [-0.39, 0.29) is 11.9 Å². The van der Waals surface area contributed by atoms with Crippen LogP contribution in [0.5, 0.6) is 5.75 Å². The maximum Gasteiger partial charge on any atom is 0.255 e. The molecule has 3 rings (SSSR count). The molecule has 2 aromatic rings. The molecular formula is C17H21N3O3. The predicted octanol–water partition coefficient (Wildman–Crippen LogP) is 1.65. The van der Waals surface area contributed by atoms with E-state index in [1.165, 1.54) is 0 Å². The van der Waals surface area contributed by atoms with Crippen LogP contribution in [0.25, 0.3) is 0 Å². The predicted molar refractivity (Wildman–Crippen MR) is 85.6 cm³/mol. The molecule has 1 aromatic heterocycles. The van der Waals surface area contributed by atoms with Crippen LogP contribution < -0.4 is 10.1 Å². The number of hydrogen-bond acceptors (Lipinski definition) is 4. The monoisotopic (exact) mass is 315 g/mol. The first kappa shape index (κ1) is 15.6. The van der Waals surface area contributed by atoms with Gasteiger partial charge in [-0.2, -0.15) is 0 Å². The Morgan fingerprint density at radius 3 is 3.13 bits per heavy atom. The van der Waals surface area contributed by atoms with Gasteiger partial charge in [-0.1, -0.05) is 12.1 Å². The van der Waals surface area contributed by atoms with E-state index in [4.69, 9.17) is 9.47 Å². The fourth-order valence-electron chi connectivity index (χ4n) is 2.76. The number of aromatic nitrogens is 2. The fraction of sp³-hybridized carbons (Fsp3) is 0.412. The summed E-state index contributed by atoms with van der Waals surface area (Å²) in [5.74, 6) is 1.56. The van der Waals surface area contributed by atoms with Crippen molar-refractivity contribution in [2.45, 2.75) is 25.4 Å². The van der Waals surface area contributed by atoms with Crippen LogP contribution in [-0.2, 0) is 17.7 Å². The number of ether oxygens (including phenoxy) is 2. The number of para-hydroxylation sites is 1. The van der Waals surface area contributed by atoms with Gasteiger partial charge in [-0.15, -0.1) is 0 Å². The van der Waals surface area contributed by atoms with Gasteiger partial charge in [-0.25, -0.2) is 4.98 Å². The van der Waals surface area contributed by atoms with Crippen LogP contribution in [0.1, 0.15) is 22.6 Å². The summed E-state index contributed by atoms with van der Waals surface area (Å²) in [6, 6.07) is 7.39. The minimum atomic E-state index is -0.105. The third kappa shape index (κ3) is 3.71. The summed E-state index contributed by atoms with van der Waals surface area (Å²) >= 11 is 0. The minimum Gasteiger partial charge on any atom is -0.490 e. The summed E-state index contributed by atoms with van der Waals surface area (Å²) in [7, 11) is 1.62. The quantitative estimate of drug-likeness (QED) is 0.823. The zero-order chi connectivity index (χ0) is 16.1. The molecule has 1 aliphatic heterocycles. The molecule has 1 N–H and O–H groups in total. The van der Waals surface area contributed by atoms with Crippen molar-refractivity contribution in [1.82, 2.24) is 14.9 Å². The van der Waals surface area contributed by atoms with Gasteiger partial charge in [0, 0.05) is 38.5 Å². The first-order valence-corrected chi connectivity index (χ1v) is 7.79. The molecule has 0 fully saturated rings. The molecule has 122 valence electrons. The number of aryl methyl sites for hydroxylation is 1. The Balaban J connectivity index is 1.64. The van der Waals surface area contributed by atoms with Crippen molar-refractivity contribution in [3.63, 3.8) is 0 Å². The lowest BCUT2D eigenvalue weighted by molar-refractivity contribution is 0.0920. The molecule has 1 amide bonds. The first-order chi connectivity index (χ1) is 11.3. The highest BCUT2D eigenvalue weighted by atomic mass is 16.5. The number of rotatable bonds is 6. The van der Waals surface area contributed by atoms with Gasteiger partial charge in [-0.05, 0) is 18.6 Å². The zero-order valence-electron chi connectivity index (χ0n) is 13.2. The van der Waals surface area contributed by atoms with Gasteiger partial charge in [0.05, 0.1) is 12.2 Å². The lowest BCUT2D eigenvalue weighted by atomic mass is 10.1. The van der Waals surface area contributed by atoms with Crippen LogP contribution in [0.2, 0.25) is 0 Å². The first-order valence-electron chi connectivity index (χ1n) is 7.79. The SMILES string of the molecule is COCCOc1ccccc1C(=O)N[C@H]1CCc2nccn2C1. The summed E-state index contributed by atoms with van der Waals surface area (Å²) in [6.45, 7) is 1.67. The molecule has 2 heterocycles. The molecule has 0 spiro atoms. The fourth-order valence-corrected chi connectivity index (χ4v) is 2.76. The van der Waals surface area contributed by atoms with Crippen LogP contribution in [0.4, 0.5) is 0 Å². The van der Waals surface area contributed by atoms with E-state index < -0.39 is 0 Å². The van der Waals surface area contributed by atoms with Gasteiger partial charge in [-0.3, -0.25) is 4.79 Å². The molecule has 1 aromatic carbocycles. The minimum absolute atomic E-state index is 0.105. The Morgan fingerprint density at radius 1 is 1.39 bits per heavy atom. The topological polar surface area (TPSA) is 65.4 Å². The Bertz CT molecular complexity index is 669. The molecule has 1 atom stereocenters. The standard InChI is InChI=1S/C17H21N3O3/c1-22-10-11-23-15-5-3-2-4-14(15)17(21)19-13-6-7-16-18-8-9-20(16)12-13/h2-5,8-9,13H,6-7,10-12H2,1H3,(H,19,21)/t13-/m0/s1. The lowest BCUT2D eigenvalue weighted by Gasteiger charge is -2.25. The van der Waals surface area contributed by atoms with Gasteiger partial charge in [0.25, 0.3) is 5.91 Å². The van der Waals surface area contributed by atoms with Crippen LogP contribution in [0, 0.1) is 0 Å². The van der Waals surface area contributed by atoms with Gasteiger partial charge in [0.2, 0.25) is 0 Å². The van der Waals surface area contributed by atoms with Gasteiger partial charge >= 0.3 is 0 Å². The number of methoxy groups -OCH3 is 1. The summed E-state index contributed by atoms with van der Waals surface area (Å²) in [5.41, 5.74) is 0.556. The van der Waals surface area contributed by atoms with Crippen LogP contribution in [0.15, 0.2) is 36.7 Å². The molecule has 0 saturated carbocycles. The maximum absolute atomic E-state index is 12.6. The Kier molecular flexibility index (Phi) is 4.92. The Hall–Kier alpha value is -2.34. The number of fused-ring (bicyclic) bond motifs is 1. The largest absolute Gasteiger partial charge is 0.490 e. The van der Waals surface area contributed by atoms with Gasteiger partial charge < -0.3 is 19.4 Å². The smallest absolute Gasteiger partial charge is 0.255 e. The summed E-state index contributed by atoms with van der Waals surface area (Å²) in [4.78, 5) is 16.9. The number of carbonyl (C=O) groups is 1. The van der Waals surface area contributed by atoms with E-state index in [1.54, 1.807) is 25.4 Å². The normalized spacial score (nSPS) is 16.7. The van der Waals surface area contributed by atoms with Crippen molar-refractivity contribution in [3.8, 4) is 5.75 Å². The van der Waals surface area contributed by atoms with Crippen molar-refractivity contribution >= 4 is 5.91 Å². The molecule has 0 unspecified atom stereocenters. The average Bonchev–Trinajstić information content (AvgIpc) is 3.03. The second-order valence-electron chi connectivity index (χ2n) is 5.54. The number of hydrogen-bond donors (Lipinski definition) is 1. The molecular weight excluding hydrogens is 294 g/mol. The van der Waals surface area contributed by atoms with Crippen LogP contribution in [0.3, 0.4) is 0 Å². The highest BCUT2D eigenvalue weighted by molar-refractivity contribution is 5.97. The van der Waals surface area contributed by atoms with E-state index in [0.29, 0.717) is 24.5 Å². The van der Waals surface area contributed by atoms with Crippen LogP contribution >= 0.6 is 0 Å². The van der Waals surface area contributed by atoms with E-state index in [0.717, 1.165) is 25.2 Å². The molecule has 1 aliphatic rings. The van der Waals surface area contributed by atoms with Crippen molar-refractivity contribution in [2.75, 3.05) is 20.3 Å². The molecule has 23 heavy (non-hydrogen) atoms. The third-order valence-corrected chi connectivity index (χ3v) is 3.95. The zero-order valence-corrected chi connectivity index (χ0v) is 13.2. The molecule has 0 radical (unpaired) electrons. The number of nitrogens with one attached hydrogen (secondary N) is 1. The average molecular weight is 315 g/mol. The van der Waals surface area contributed by atoms with Crippen molar-refractivity contribution in [1.29, 1.82) is 0 Å². The highest BCUT2D eigenvalue weighted by Crippen LogP contribution is 2.19. The van der Waals surface area contributed by atoms with E-state index >= 15 is 0 Å². The summed E-state index contributed by atoms with van der Waals surface area (Å²) in [6.07, 6.45) is 5.54. The number of carbonyl (C=O) groups excluding carboxylic acids is 1. The highest BCUT2D eigenvalue weighted by Gasteiger charge is 2.22. The molecule has 6 heteroatoms. The number of amides is 1. The van der Waals surface area contributed by atoms with E-state index in [1.807, 2.05) is 18.3 Å². The molecule has 0 saturated heterocycles. The van der Waals surface area contributed by atoms with E-state index in [9.17, 15) is 4.79 Å². The van der Waals surface area contributed by atoms with Crippen LogP contribution in [-0.4, -0.2) is 41.8 Å². The number of nitrogens with zero attached hydrogens (tertiary/aromatic N) is 2. The van der Waals surface area contributed by atoms with Crippen molar-refractivity contribution in [3.05, 3.63) is 48.0 Å². The second-order valence-corrected chi connectivity index (χ2v) is 5.54. The summed E-state index contributed by atoms with van der Waals surface area (Å²) in [5, 5.41) is 3.10. The molecule has 6 nitrogen and oxygen atoms in total. The molecule has 0 bridgehead atoms. The molecule has 0 aliphatic carbocycles. The van der Waals surface area contributed by atoms with Gasteiger partial charge in [0.1, 0.15) is 18.2 Å². The Morgan fingerprint density at radius 2 is 2.26 bits per heavy atom. The Labute approximate surface area is 135 Å². The van der Waals surface area contributed by atoms with Gasteiger partial charge in [0.15, 0.2) is 0 Å². The maximum atomic E-state index is 12.6. The third-order valence-electron chi connectivity index (χ3n) is 3.95. The second kappa shape index (κ2) is 7.28. The lowest BCUT2D eigenvalue weighted by Crippen LogP contribution is -2.41.